The van der Waals surface area contributed by atoms with Crippen LogP contribution in [0.1, 0.15) is 23.7 Å². The maximum absolute atomic E-state index is 4.41. The highest BCUT2D eigenvalue weighted by Crippen LogP contribution is 2.22. The van der Waals surface area contributed by atoms with Crippen molar-refractivity contribution in [3.63, 3.8) is 0 Å². The first-order valence-electron chi connectivity index (χ1n) is 5.05. The van der Waals surface area contributed by atoms with Crippen molar-refractivity contribution in [2.75, 3.05) is 6.54 Å². The lowest BCUT2D eigenvalue weighted by Crippen LogP contribution is -2.22. The normalized spacial score (nSPS) is 12.6. The number of pyridine rings is 1. The van der Waals surface area contributed by atoms with Crippen molar-refractivity contribution in [3.8, 4) is 0 Å². The van der Waals surface area contributed by atoms with Gasteiger partial charge in [-0.3, -0.25) is 4.98 Å². The Kier molecular flexibility index (Phi) is 4.04. The van der Waals surface area contributed by atoms with Crippen molar-refractivity contribution in [1.29, 1.82) is 0 Å². The predicted molar refractivity (Wildman–Crippen MR) is 69.6 cm³/mol. The first-order chi connectivity index (χ1) is 7.81. The summed E-state index contributed by atoms with van der Waals surface area (Å²) in [4.78, 5) is 8.75. The van der Waals surface area contributed by atoms with Crippen LogP contribution in [0.2, 0.25) is 0 Å². The van der Waals surface area contributed by atoms with E-state index < -0.39 is 0 Å². The van der Waals surface area contributed by atoms with Crippen LogP contribution in [-0.2, 0) is 0 Å². The van der Waals surface area contributed by atoms with E-state index in [0.29, 0.717) is 0 Å². The van der Waals surface area contributed by atoms with Crippen LogP contribution in [0.4, 0.5) is 0 Å². The molecule has 0 aliphatic heterocycles. The summed E-state index contributed by atoms with van der Waals surface area (Å²) in [6.07, 6.45) is 3.64. The minimum atomic E-state index is 0.0955. The molecule has 0 aliphatic rings. The maximum atomic E-state index is 4.41. The molecule has 0 bridgehead atoms. The Bertz CT molecular complexity index is 427. The second-order valence-corrected chi connectivity index (χ2v) is 5.10. The molecule has 2 heterocycles. The van der Waals surface area contributed by atoms with E-state index in [0.717, 1.165) is 21.7 Å². The van der Waals surface area contributed by atoms with E-state index in [9.17, 15) is 0 Å². The minimum Gasteiger partial charge on any atom is -0.303 e. The van der Waals surface area contributed by atoms with Gasteiger partial charge in [0.1, 0.15) is 11.0 Å². The fourth-order valence-electron chi connectivity index (χ4n) is 1.46. The van der Waals surface area contributed by atoms with Crippen LogP contribution >= 0.6 is 27.3 Å². The van der Waals surface area contributed by atoms with Gasteiger partial charge in [0.2, 0.25) is 0 Å². The van der Waals surface area contributed by atoms with Crippen molar-refractivity contribution in [2.45, 2.75) is 13.0 Å². The van der Waals surface area contributed by atoms with Crippen LogP contribution in [0, 0.1) is 0 Å². The number of halogens is 1. The molecule has 16 heavy (non-hydrogen) atoms. The van der Waals surface area contributed by atoms with Crippen LogP contribution in [0.5, 0.6) is 0 Å². The summed E-state index contributed by atoms with van der Waals surface area (Å²) in [7, 11) is 0. The summed E-state index contributed by atoms with van der Waals surface area (Å²) in [5, 5.41) is 6.43. The summed E-state index contributed by atoms with van der Waals surface area (Å²) in [5.74, 6) is 0. The Balaban J connectivity index is 2.29. The third-order valence-corrected chi connectivity index (χ3v) is 3.46. The van der Waals surface area contributed by atoms with Gasteiger partial charge in [-0.1, -0.05) is 6.92 Å². The predicted octanol–water partition coefficient (Wildman–Crippen LogP) is 3.00. The summed E-state index contributed by atoms with van der Waals surface area (Å²) in [6, 6.07) is 4.11. The molecule has 2 rings (SSSR count). The smallest absolute Gasteiger partial charge is 0.116 e. The lowest BCUT2D eigenvalue weighted by molar-refractivity contribution is 0.612. The van der Waals surface area contributed by atoms with Crippen LogP contribution < -0.4 is 5.32 Å². The van der Waals surface area contributed by atoms with Crippen LogP contribution in [0.15, 0.2) is 34.4 Å². The topological polar surface area (TPSA) is 37.8 Å². The summed E-state index contributed by atoms with van der Waals surface area (Å²) in [5.41, 5.74) is 1.00. The molecule has 84 valence electrons. The SMILES string of the molecule is CCNC(c1ccc(Br)cn1)c1nccs1. The van der Waals surface area contributed by atoms with Gasteiger partial charge in [0, 0.05) is 22.2 Å². The zero-order valence-electron chi connectivity index (χ0n) is 8.85. The molecular formula is C11H12BrN3S. The molecule has 0 spiro atoms. The average molecular weight is 298 g/mol. The fraction of sp³-hybridized carbons (Fsp3) is 0.273. The number of hydrogen-bond acceptors (Lipinski definition) is 4. The van der Waals surface area contributed by atoms with Crippen molar-refractivity contribution >= 4 is 27.3 Å². The first kappa shape index (κ1) is 11.7. The zero-order valence-corrected chi connectivity index (χ0v) is 11.3. The fourth-order valence-corrected chi connectivity index (χ4v) is 2.42. The molecule has 2 aromatic rings. The lowest BCUT2D eigenvalue weighted by atomic mass is 10.2. The third kappa shape index (κ3) is 2.66. The molecular weight excluding hydrogens is 286 g/mol. The molecule has 5 heteroatoms. The Hall–Kier alpha value is -0.780. The largest absolute Gasteiger partial charge is 0.303 e. The van der Waals surface area contributed by atoms with Gasteiger partial charge in [-0.05, 0) is 34.6 Å². The highest BCUT2D eigenvalue weighted by Gasteiger charge is 2.16. The molecule has 1 N–H and O–H groups in total. The zero-order chi connectivity index (χ0) is 11.4. The highest BCUT2D eigenvalue weighted by molar-refractivity contribution is 9.10. The van der Waals surface area contributed by atoms with E-state index in [1.54, 1.807) is 11.3 Å². The molecule has 0 amide bonds. The second kappa shape index (κ2) is 5.52. The standard InChI is InChI=1S/C11H12BrN3S/c1-2-13-10(11-14-5-6-16-11)9-4-3-8(12)7-15-9/h3-7,10,13H,2H2,1H3. The van der Waals surface area contributed by atoms with E-state index >= 15 is 0 Å². The minimum absolute atomic E-state index is 0.0955. The maximum Gasteiger partial charge on any atom is 0.116 e. The number of hydrogen-bond donors (Lipinski definition) is 1. The highest BCUT2D eigenvalue weighted by atomic mass is 79.9. The molecule has 1 atom stereocenters. The van der Waals surface area contributed by atoms with E-state index in [-0.39, 0.29) is 6.04 Å². The van der Waals surface area contributed by atoms with E-state index in [2.05, 4.69) is 38.1 Å². The molecule has 0 aliphatic carbocycles. The summed E-state index contributed by atoms with van der Waals surface area (Å²) >= 11 is 5.03. The average Bonchev–Trinajstić information content (AvgIpc) is 2.81. The molecule has 0 saturated carbocycles. The lowest BCUT2D eigenvalue weighted by Gasteiger charge is -2.14. The van der Waals surface area contributed by atoms with Crippen molar-refractivity contribution in [1.82, 2.24) is 15.3 Å². The van der Waals surface area contributed by atoms with Gasteiger partial charge >= 0.3 is 0 Å². The van der Waals surface area contributed by atoms with Crippen LogP contribution in [0.25, 0.3) is 0 Å². The molecule has 0 saturated heterocycles. The summed E-state index contributed by atoms with van der Waals surface area (Å²) < 4.78 is 0.991. The Morgan fingerprint density at radius 2 is 2.31 bits per heavy atom. The third-order valence-electron chi connectivity index (χ3n) is 2.15. The van der Waals surface area contributed by atoms with E-state index in [1.165, 1.54) is 0 Å². The van der Waals surface area contributed by atoms with Crippen molar-refractivity contribution in [3.05, 3.63) is 45.1 Å². The molecule has 0 aromatic carbocycles. The quantitative estimate of drug-likeness (QED) is 0.943. The van der Waals surface area contributed by atoms with Crippen LogP contribution in [-0.4, -0.2) is 16.5 Å². The number of rotatable bonds is 4. The molecule has 1 unspecified atom stereocenters. The van der Waals surface area contributed by atoms with Gasteiger partial charge in [-0.2, -0.15) is 0 Å². The van der Waals surface area contributed by atoms with Crippen LogP contribution in [0.3, 0.4) is 0 Å². The first-order valence-corrected chi connectivity index (χ1v) is 6.72. The van der Waals surface area contributed by atoms with Crippen molar-refractivity contribution < 1.29 is 0 Å². The Morgan fingerprint density at radius 1 is 1.44 bits per heavy atom. The number of aromatic nitrogens is 2. The molecule has 0 radical (unpaired) electrons. The van der Waals surface area contributed by atoms with Gasteiger partial charge in [0.15, 0.2) is 0 Å². The monoisotopic (exact) mass is 297 g/mol. The number of thiazole rings is 1. The number of nitrogens with one attached hydrogen (secondary N) is 1. The van der Waals surface area contributed by atoms with E-state index in [1.807, 2.05) is 29.9 Å². The molecule has 0 fully saturated rings. The Morgan fingerprint density at radius 3 is 2.88 bits per heavy atom. The van der Waals surface area contributed by atoms with E-state index in [4.69, 9.17) is 0 Å². The molecule has 2 aromatic heterocycles. The Labute approximate surface area is 107 Å². The van der Waals surface area contributed by atoms with Gasteiger partial charge < -0.3 is 5.32 Å². The van der Waals surface area contributed by atoms with Crippen molar-refractivity contribution in [2.24, 2.45) is 0 Å². The van der Waals surface area contributed by atoms with Gasteiger partial charge in [-0.25, -0.2) is 4.98 Å². The second-order valence-electron chi connectivity index (χ2n) is 3.26. The van der Waals surface area contributed by atoms with Gasteiger partial charge in [-0.15, -0.1) is 11.3 Å². The van der Waals surface area contributed by atoms with Gasteiger partial charge in [0.25, 0.3) is 0 Å². The van der Waals surface area contributed by atoms with Gasteiger partial charge in [0.05, 0.1) is 5.69 Å². The number of nitrogens with zero attached hydrogens (tertiary/aromatic N) is 2. The summed E-state index contributed by atoms with van der Waals surface area (Å²) in [6.45, 7) is 2.97. The molecule has 3 nitrogen and oxygen atoms in total.